The number of hydrogen-bond acceptors (Lipinski definition) is 2. The molecule has 1 N–H and O–H groups in total. The maximum Gasteiger partial charge on any atom is 0.0496 e. The molecule has 2 atom stereocenters. The Morgan fingerprint density at radius 2 is 2.00 bits per heavy atom. The molecule has 1 aromatic rings. The van der Waals surface area contributed by atoms with Crippen molar-refractivity contribution in [1.29, 1.82) is 0 Å². The lowest BCUT2D eigenvalue weighted by molar-refractivity contribution is 0.244. The molecule has 17 heavy (non-hydrogen) atoms. The summed E-state index contributed by atoms with van der Waals surface area (Å²) in [5.41, 5.74) is 4.22. The molecule has 1 aromatic carbocycles. The maximum absolute atomic E-state index is 3.63. The van der Waals surface area contributed by atoms with Crippen LogP contribution in [-0.2, 0) is 0 Å². The summed E-state index contributed by atoms with van der Waals surface area (Å²) < 4.78 is 0. The van der Waals surface area contributed by atoms with Gasteiger partial charge in [0.1, 0.15) is 0 Å². The van der Waals surface area contributed by atoms with Crippen LogP contribution in [-0.4, -0.2) is 31.6 Å². The fourth-order valence-electron chi connectivity index (χ4n) is 2.82. The maximum atomic E-state index is 3.63. The van der Waals surface area contributed by atoms with Crippen LogP contribution in [0.4, 0.5) is 0 Å². The molecule has 2 nitrogen and oxygen atoms in total. The first-order chi connectivity index (χ1) is 8.09. The van der Waals surface area contributed by atoms with Gasteiger partial charge in [0, 0.05) is 12.1 Å². The molecule has 1 aliphatic rings. The van der Waals surface area contributed by atoms with Crippen LogP contribution >= 0.6 is 0 Å². The lowest BCUT2D eigenvalue weighted by atomic mass is 9.94. The van der Waals surface area contributed by atoms with Gasteiger partial charge < -0.3 is 10.2 Å². The molecule has 1 aliphatic heterocycles. The van der Waals surface area contributed by atoms with E-state index in [-0.39, 0.29) is 0 Å². The van der Waals surface area contributed by atoms with Gasteiger partial charge in [-0.1, -0.05) is 18.2 Å². The second kappa shape index (κ2) is 5.19. The van der Waals surface area contributed by atoms with E-state index < -0.39 is 0 Å². The first kappa shape index (κ1) is 12.6. The monoisotopic (exact) mass is 232 g/mol. The van der Waals surface area contributed by atoms with Gasteiger partial charge >= 0.3 is 0 Å². The van der Waals surface area contributed by atoms with Crippen LogP contribution in [0.1, 0.15) is 35.6 Å². The predicted octanol–water partition coefficient (Wildman–Crippen LogP) is 2.66. The Balaban J connectivity index is 2.28. The van der Waals surface area contributed by atoms with E-state index >= 15 is 0 Å². The van der Waals surface area contributed by atoms with Crippen molar-refractivity contribution in [2.24, 2.45) is 0 Å². The molecule has 1 heterocycles. The molecule has 0 spiro atoms. The number of benzene rings is 1. The largest absolute Gasteiger partial charge is 0.312 e. The zero-order chi connectivity index (χ0) is 12.4. The third kappa shape index (κ3) is 2.70. The van der Waals surface area contributed by atoms with E-state index in [9.17, 15) is 0 Å². The minimum atomic E-state index is 0.497. The summed E-state index contributed by atoms with van der Waals surface area (Å²) in [6.07, 6.45) is 2.59. The molecule has 2 unspecified atom stereocenters. The smallest absolute Gasteiger partial charge is 0.0496 e. The topological polar surface area (TPSA) is 15.3 Å². The van der Waals surface area contributed by atoms with Crippen molar-refractivity contribution in [2.45, 2.75) is 38.8 Å². The Bertz CT molecular complexity index is 379. The SMILES string of the molecule is Cc1ccc(C(C2CCCN2)N(C)C)cc1C. The molecule has 0 aromatic heterocycles. The Kier molecular flexibility index (Phi) is 3.85. The van der Waals surface area contributed by atoms with Crippen LogP contribution in [0.3, 0.4) is 0 Å². The molecule has 2 heteroatoms. The second-order valence-corrected chi connectivity index (χ2v) is 5.45. The van der Waals surface area contributed by atoms with Crippen LogP contribution < -0.4 is 5.32 Å². The first-order valence-corrected chi connectivity index (χ1v) is 6.56. The van der Waals surface area contributed by atoms with Crippen LogP contribution in [0.15, 0.2) is 18.2 Å². The van der Waals surface area contributed by atoms with Crippen molar-refractivity contribution < 1.29 is 0 Å². The Labute approximate surface area is 105 Å². The highest BCUT2D eigenvalue weighted by molar-refractivity contribution is 5.32. The number of aryl methyl sites for hydroxylation is 2. The molecule has 0 bridgehead atoms. The van der Waals surface area contributed by atoms with Crippen molar-refractivity contribution in [3.8, 4) is 0 Å². The van der Waals surface area contributed by atoms with Crippen LogP contribution in [0, 0.1) is 13.8 Å². The highest BCUT2D eigenvalue weighted by atomic mass is 15.1. The number of hydrogen-bond donors (Lipinski definition) is 1. The van der Waals surface area contributed by atoms with E-state index in [1.807, 2.05) is 0 Å². The summed E-state index contributed by atoms with van der Waals surface area (Å²) in [7, 11) is 4.36. The lowest BCUT2D eigenvalue weighted by Gasteiger charge is -2.31. The van der Waals surface area contributed by atoms with Gasteiger partial charge in [0.2, 0.25) is 0 Å². The number of nitrogens with one attached hydrogen (secondary N) is 1. The summed E-state index contributed by atoms with van der Waals surface area (Å²) in [4.78, 5) is 2.34. The molecule has 94 valence electrons. The zero-order valence-corrected chi connectivity index (χ0v) is 11.5. The van der Waals surface area contributed by atoms with Crippen molar-refractivity contribution >= 4 is 0 Å². The highest BCUT2D eigenvalue weighted by Gasteiger charge is 2.27. The van der Waals surface area contributed by atoms with Crippen LogP contribution in [0.2, 0.25) is 0 Å². The van der Waals surface area contributed by atoms with E-state index in [0.717, 1.165) is 0 Å². The van der Waals surface area contributed by atoms with Gasteiger partial charge in [0.25, 0.3) is 0 Å². The summed E-state index contributed by atoms with van der Waals surface area (Å²) >= 11 is 0. The Hall–Kier alpha value is -0.860. The van der Waals surface area contributed by atoms with Gasteiger partial charge in [-0.05, 0) is 64.0 Å². The molecule has 0 saturated carbocycles. The van der Waals surface area contributed by atoms with Gasteiger partial charge in [-0.3, -0.25) is 0 Å². The van der Waals surface area contributed by atoms with Gasteiger partial charge in [0.05, 0.1) is 0 Å². The quantitative estimate of drug-likeness (QED) is 0.862. The molecular weight excluding hydrogens is 208 g/mol. The summed E-state index contributed by atoms with van der Waals surface area (Å²) in [5, 5.41) is 3.63. The number of likely N-dealkylation sites (N-methyl/N-ethyl adjacent to an activating group) is 1. The minimum Gasteiger partial charge on any atom is -0.312 e. The highest BCUT2D eigenvalue weighted by Crippen LogP contribution is 2.28. The normalized spacial score (nSPS) is 22.1. The van der Waals surface area contributed by atoms with E-state index in [1.165, 1.54) is 36.1 Å². The van der Waals surface area contributed by atoms with Gasteiger partial charge in [-0.2, -0.15) is 0 Å². The fraction of sp³-hybridized carbons (Fsp3) is 0.600. The Morgan fingerprint density at radius 3 is 2.53 bits per heavy atom. The molecular formula is C15H24N2. The zero-order valence-electron chi connectivity index (χ0n) is 11.5. The molecule has 1 saturated heterocycles. The average molecular weight is 232 g/mol. The summed E-state index contributed by atoms with van der Waals surface area (Å²) in [5.74, 6) is 0. The van der Waals surface area contributed by atoms with E-state index in [4.69, 9.17) is 0 Å². The molecule has 0 radical (unpaired) electrons. The first-order valence-electron chi connectivity index (χ1n) is 6.56. The number of nitrogens with zero attached hydrogens (tertiary/aromatic N) is 1. The summed E-state index contributed by atoms with van der Waals surface area (Å²) in [6.45, 7) is 5.55. The standard InChI is InChI=1S/C15H24N2/c1-11-7-8-13(10-12(11)2)15(17(3)4)14-6-5-9-16-14/h7-8,10,14-16H,5-6,9H2,1-4H3. The Morgan fingerprint density at radius 1 is 1.24 bits per heavy atom. The van der Waals surface area contributed by atoms with Crippen molar-refractivity contribution in [1.82, 2.24) is 10.2 Å². The van der Waals surface area contributed by atoms with Crippen molar-refractivity contribution in [2.75, 3.05) is 20.6 Å². The molecule has 2 rings (SSSR count). The van der Waals surface area contributed by atoms with Gasteiger partial charge in [-0.15, -0.1) is 0 Å². The lowest BCUT2D eigenvalue weighted by Crippen LogP contribution is -2.37. The van der Waals surface area contributed by atoms with Crippen LogP contribution in [0.5, 0.6) is 0 Å². The average Bonchev–Trinajstić information content (AvgIpc) is 2.76. The van der Waals surface area contributed by atoms with E-state index in [0.29, 0.717) is 12.1 Å². The summed E-state index contributed by atoms with van der Waals surface area (Å²) in [6, 6.07) is 7.98. The molecule has 0 aliphatic carbocycles. The fourth-order valence-corrected chi connectivity index (χ4v) is 2.82. The molecule has 0 amide bonds. The third-order valence-electron chi connectivity index (χ3n) is 3.91. The second-order valence-electron chi connectivity index (χ2n) is 5.45. The van der Waals surface area contributed by atoms with E-state index in [2.05, 4.69) is 56.4 Å². The van der Waals surface area contributed by atoms with Crippen molar-refractivity contribution in [3.63, 3.8) is 0 Å². The molecule has 1 fully saturated rings. The van der Waals surface area contributed by atoms with Crippen molar-refractivity contribution in [3.05, 3.63) is 34.9 Å². The third-order valence-corrected chi connectivity index (χ3v) is 3.91. The minimum absolute atomic E-state index is 0.497. The van der Waals surface area contributed by atoms with Crippen LogP contribution in [0.25, 0.3) is 0 Å². The predicted molar refractivity (Wildman–Crippen MR) is 73.4 cm³/mol. The van der Waals surface area contributed by atoms with E-state index in [1.54, 1.807) is 0 Å². The van der Waals surface area contributed by atoms with Gasteiger partial charge in [-0.25, -0.2) is 0 Å². The number of rotatable bonds is 3. The van der Waals surface area contributed by atoms with Gasteiger partial charge in [0.15, 0.2) is 0 Å².